The smallest absolute Gasteiger partial charge is 0.134 e. The van der Waals surface area contributed by atoms with Crippen molar-refractivity contribution in [3.63, 3.8) is 0 Å². The predicted molar refractivity (Wildman–Crippen MR) is 64.4 cm³/mol. The molecule has 1 heterocycles. The van der Waals surface area contributed by atoms with E-state index in [1.807, 2.05) is 6.92 Å². The van der Waals surface area contributed by atoms with E-state index < -0.39 is 0 Å². The lowest BCUT2D eigenvalue weighted by Crippen LogP contribution is -2.10. The second-order valence-corrected chi connectivity index (χ2v) is 5.24. The number of hydrogen-bond acceptors (Lipinski definition) is 1. The normalized spacial score (nSPS) is 12.3. The average molecular weight is 202 g/mol. The van der Waals surface area contributed by atoms with Gasteiger partial charge in [0.1, 0.15) is 11.3 Å². The molecule has 0 aliphatic heterocycles. The average Bonchev–Trinajstić information content (AvgIpc) is 2.41. The molecule has 0 saturated carbocycles. The molecular weight excluding hydrogens is 184 g/mol. The van der Waals surface area contributed by atoms with Crippen LogP contribution in [0.25, 0.3) is 11.0 Å². The minimum Gasteiger partial charge on any atom is -0.461 e. The summed E-state index contributed by atoms with van der Waals surface area (Å²) in [5, 5.41) is 1.24. The highest BCUT2D eigenvalue weighted by Gasteiger charge is 2.15. The molecule has 0 radical (unpaired) electrons. The number of furan rings is 1. The monoisotopic (exact) mass is 202 g/mol. The van der Waals surface area contributed by atoms with Crippen molar-refractivity contribution in [3.8, 4) is 0 Å². The summed E-state index contributed by atoms with van der Waals surface area (Å²) in [7, 11) is 0. The van der Waals surface area contributed by atoms with Gasteiger partial charge in [-0.15, -0.1) is 0 Å². The van der Waals surface area contributed by atoms with Gasteiger partial charge in [0.15, 0.2) is 0 Å². The number of aryl methyl sites for hydroxylation is 2. The van der Waals surface area contributed by atoms with E-state index >= 15 is 0 Å². The molecule has 1 heteroatoms. The van der Waals surface area contributed by atoms with E-state index in [2.05, 4.69) is 45.9 Å². The van der Waals surface area contributed by atoms with E-state index in [0.29, 0.717) is 0 Å². The van der Waals surface area contributed by atoms with Crippen LogP contribution in [-0.4, -0.2) is 0 Å². The molecule has 80 valence electrons. The summed E-state index contributed by atoms with van der Waals surface area (Å²) in [6.07, 6.45) is 0. The van der Waals surface area contributed by atoms with Gasteiger partial charge < -0.3 is 4.42 Å². The first-order valence-corrected chi connectivity index (χ1v) is 5.40. The van der Waals surface area contributed by atoms with Gasteiger partial charge in [0, 0.05) is 5.39 Å². The SMILES string of the molecule is Cc1oc2cc(C(C)(C)C)ccc2c1C. The minimum absolute atomic E-state index is 0.183. The van der Waals surface area contributed by atoms with Crippen LogP contribution >= 0.6 is 0 Å². The molecular formula is C14H18O. The number of hydrogen-bond donors (Lipinski definition) is 0. The van der Waals surface area contributed by atoms with Gasteiger partial charge in [-0.1, -0.05) is 32.9 Å². The van der Waals surface area contributed by atoms with E-state index in [-0.39, 0.29) is 5.41 Å². The highest BCUT2D eigenvalue weighted by atomic mass is 16.3. The Labute approximate surface area is 91.1 Å². The second-order valence-electron chi connectivity index (χ2n) is 5.24. The van der Waals surface area contributed by atoms with Crippen molar-refractivity contribution in [2.45, 2.75) is 40.0 Å². The molecule has 0 aliphatic rings. The topological polar surface area (TPSA) is 13.1 Å². The maximum absolute atomic E-state index is 5.73. The molecule has 0 saturated heterocycles. The van der Waals surface area contributed by atoms with Gasteiger partial charge in [-0.25, -0.2) is 0 Å². The standard InChI is InChI=1S/C14H18O/c1-9-10(2)15-13-8-11(14(3,4)5)6-7-12(9)13/h6-8H,1-5H3. The first-order valence-electron chi connectivity index (χ1n) is 5.40. The third kappa shape index (κ3) is 1.67. The Balaban J connectivity index is 2.67. The van der Waals surface area contributed by atoms with Gasteiger partial charge >= 0.3 is 0 Å². The zero-order chi connectivity index (χ0) is 11.2. The quantitative estimate of drug-likeness (QED) is 0.619. The van der Waals surface area contributed by atoms with Gasteiger partial charge in [-0.3, -0.25) is 0 Å². The van der Waals surface area contributed by atoms with Crippen LogP contribution in [0.1, 0.15) is 37.7 Å². The van der Waals surface area contributed by atoms with Gasteiger partial charge in [0.25, 0.3) is 0 Å². The van der Waals surface area contributed by atoms with Gasteiger partial charge in [-0.05, 0) is 36.5 Å². The zero-order valence-electron chi connectivity index (χ0n) is 10.1. The Morgan fingerprint density at radius 1 is 1.07 bits per heavy atom. The van der Waals surface area contributed by atoms with E-state index in [4.69, 9.17) is 4.42 Å². The first kappa shape index (κ1) is 10.3. The molecule has 0 aliphatic carbocycles. The molecule has 0 unspecified atom stereocenters. The number of rotatable bonds is 0. The van der Waals surface area contributed by atoms with Crippen molar-refractivity contribution in [2.24, 2.45) is 0 Å². The van der Waals surface area contributed by atoms with Crippen molar-refractivity contribution < 1.29 is 4.42 Å². The number of fused-ring (bicyclic) bond motifs is 1. The Kier molecular flexibility index (Phi) is 2.14. The molecule has 0 fully saturated rings. The molecule has 2 rings (SSSR count). The maximum atomic E-state index is 5.73. The fraction of sp³-hybridized carbons (Fsp3) is 0.429. The molecule has 0 bridgehead atoms. The van der Waals surface area contributed by atoms with Crippen LogP contribution in [-0.2, 0) is 5.41 Å². The molecule has 0 spiro atoms. The van der Waals surface area contributed by atoms with Gasteiger partial charge in [0.2, 0.25) is 0 Å². The molecule has 1 nitrogen and oxygen atoms in total. The Bertz CT molecular complexity index is 498. The third-order valence-electron chi connectivity index (χ3n) is 3.04. The summed E-state index contributed by atoms with van der Waals surface area (Å²) < 4.78 is 5.73. The third-order valence-corrected chi connectivity index (χ3v) is 3.04. The van der Waals surface area contributed by atoms with Crippen LogP contribution in [0.2, 0.25) is 0 Å². The van der Waals surface area contributed by atoms with Crippen LogP contribution in [0.3, 0.4) is 0 Å². The Morgan fingerprint density at radius 3 is 2.33 bits per heavy atom. The molecule has 15 heavy (non-hydrogen) atoms. The van der Waals surface area contributed by atoms with Crippen LogP contribution in [0.15, 0.2) is 22.6 Å². The van der Waals surface area contributed by atoms with E-state index in [1.165, 1.54) is 16.5 Å². The molecule has 2 aromatic rings. The molecule has 0 N–H and O–H groups in total. The summed E-state index contributed by atoms with van der Waals surface area (Å²) in [5.74, 6) is 1.02. The predicted octanol–water partition coefficient (Wildman–Crippen LogP) is 4.35. The lowest BCUT2D eigenvalue weighted by molar-refractivity contribution is 0.566. The zero-order valence-corrected chi connectivity index (χ0v) is 10.1. The molecule has 1 aromatic heterocycles. The largest absolute Gasteiger partial charge is 0.461 e. The Hall–Kier alpha value is -1.24. The van der Waals surface area contributed by atoms with Crippen LogP contribution in [0.4, 0.5) is 0 Å². The fourth-order valence-electron chi connectivity index (χ4n) is 1.81. The number of benzene rings is 1. The molecule has 1 aromatic carbocycles. The summed E-state index contributed by atoms with van der Waals surface area (Å²) in [4.78, 5) is 0. The van der Waals surface area contributed by atoms with Crippen molar-refractivity contribution >= 4 is 11.0 Å². The lowest BCUT2D eigenvalue weighted by Gasteiger charge is -2.18. The first-order chi connectivity index (χ1) is 6.89. The highest BCUT2D eigenvalue weighted by molar-refractivity contribution is 5.82. The summed E-state index contributed by atoms with van der Waals surface area (Å²) in [5.41, 5.74) is 3.77. The summed E-state index contributed by atoms with van der Waals surface area (Å²) >= 11 is 0. The van der Waals surface area contributed by atoms with Crippen molar-refractivity contribution in [2.75, 3.05) is 0 Å². The van der Waals surface area contributed by atoms with E-state index in [0.717, 1.165) is 11.3 Å². The van der Waals surface area contributed by atoms with Gasteiger partial charge in [-0.2, -0.15) is 0 Å². The van der Waals surface area contributed by atoms with Crippen molar-refractivity contribution in [3.05, 3.63) is 35.1 Å². The van der Waals surface area contributed by atoms with E-state index in [9.17, 15) is 0 Å². The summed E-state index contributed by atoms with van der Waals surface area (Å²) in [6.45, 7) is 10.8. The van der Waals surface area contributed by atoms with Crippen molar-refractivity contribution in [1.82, 2.24) is 0 Å². The fourth-order valence-corrected chi connectivity index (χ4v) is 1.81. The maximum Gasteiger partial charge on any atom is 0.134 e. The minimum atomic E-state index is 0.183. The molecule has 0 atom stereocenters. The lowest BCUT2D eigenvalue weighted by atomic mass is 9.86. The Morgan fingerprint density at radius 2 is 1.73 bits per heavy atom. The summed E-state index contributed by atoms with van der Waals surface area (Å²) in [6, 6.07) is 6.53. The van der Waals surface area contributed by atoms with Crippen molar-refractivity contribution in [1.29, 1.82) is 0 Å². The van der Waals surface area contributed by atoms with Crippen LogP contribution in [0, 0.1) is 13.8 Å². The highest BCUT2D eigenvalue weighted by Crippen LogP contribution is 2.30. The van der Waals surface area contributed by atoms with E-state index in [1.54, 1.807) is 0 Å². The van der Waals surface area contributed by atoms with Gasteiger partial charge in [0.05, 0.1) is 0 Å². The van der Waals surface area contributed by atoms with Crippen LogP contribution < -0.4 is 0 Å². The second kappa shape index (κ2) is 3.13. The van der Waals surface area contributed by atoms with Crippen LogP contribution in [0.5, 0.6) is 0 Å². The molecule has 0 amide bonds.